The normalized spacial score (nSPS) is 28.5. The van der Waals surface area contributed by atoms with Crippen LogP contribution in [0, 0.1) is 5.95 Å². The molecule has 0 aliphatic heterocycles. The molecule has 3 heteroatoms. The minimum atomic E-state index is -0.370. The van der Waals surface area contributed by atoms with E-state index in [-0.39, 0.29) is 17.9 Å². The van der Waals surface area contributed by atoms with Crippen LogP contribution in [0.2, 0.25) is 0 Å². The fraction of sp³-hybridized carbons (Fsp3) is 0.375. The molecule has 0 radical (unpaired) electrons. The first-order chi connectivity index (χ1) is 5.29. The number of nitrogens with two attached hydrogens (primary N) is 1. The van der Waals surface area contributed by atoms with E-state index in [0.717, 1.165) is 6.42 Å². The predicted octanol–water partition coefficient (Wildman–Crippen LogP) is 1.04. The molecule has 0 bridgehead atoms. The van der Waals surface area contributed by atoms with Crippen LogP contribution in [0.15, 0.2) is 18.3 Å². The number of hydrogen-bond donors (Lipinski definition) is 1. The second-order valence-electron chi connectivity index (χ2n) is 2.89. The van der Waals surface area contributed by atoms with Crippen LogP contribution in [0.25, 0.3) is 0 Å². The van der Waals surface area contributed by atoms with Gasteiger partial charge >= 0.3 is 0 Å². The summed E-state index contributed by atoms with van der Waals surface area (Å²) in [6, 6.07) is 3.64. The topological polar surface area (TPSA) is 38.9 Å². The fourth-order valence-electron chi connectivity index (χ4n) is 1.25. The second kappa shape index (κ2) is 2.27. The molecule has 1 fully saturated rings. The number of nitrogens with zero attached hydrogens (tertiary/aromatic N) is 1. The Labute approximate surface area is 64.2 Å². The first kappa shape index (κ1) is 6.73. The van der Waals surface area contributed by atoms with E-state index in [1.54, 1.807) is 12.1 Å². The Bertz CT molecular complexity index is 275. The van der Waals surface area contributed by atoms with Crippen molar-refractivity contribution in [3.63, 3.8) is 0 Å². The molecule has 2 nitrogen and oxygen atoms in total. The summed E-state index contributed by atoms with van der Waals surface area (Å²) >= 11 is 0. The van der Waals surface area contributed by atoms with Crippen LogP contribution in [0.1, 0.15) is 17.9 Å². The van der Waals surface area contributed by atoms with Crippen LogP contribution in [0.3, 0.4) is 0 Å². The maximum atomic E-state index is 12.9. The van der Waals surface area contributed by atoms with Crippen LogP contribution >= 0.6 is 0 Å². The van der Waals surface area contributed by atoms with Crippen LogP contribution < -0.4 is 5.73 Å². The predicted molar refractivity (Wildman–Crippen MR) is 39.5 cm³/mol. The number of halogens is 1. The SMILES string of the molecule is N[C@@H]1C[C@H]1c1cccnc1F. The maximum Gasteiger partial charge on any atom is 0.216 e. The summed E-state index contributed by atoms with van der Waals surface area (Å²) in [5, 5.41) is 0. The molecule has 0 amide bonds. The van der Waals surface area contributed by atoms with Gasteiger partial charge in [-0.3, -0.25) is 0 Å². The lowest BCUT2D eigenvalue weighted by Gasteiger charge is -1.97. The minimum absolute atomic E-state index is 0.147. The summed E-state index contributed by atoms with van der Waals surface area (Å²) in [5.41, 5.74) is 6.24. The van der Waals surface area contributed by atoms with Gasteiger partial charge in [-0.2, -0.15) is 4.39 Å². The number of aromatic nitrogens is 1. The van der Waals surface area contributed by atoms with Crippen molar-refractivity contribution in [3.8, 4) is 0 Å². The molecule has 58 valence electrons. The Hall–Kier alpha value is -0.960. The lowest BCUT2D eigenvalue weighted by Crippen LogP contribution is -2.02. The highest BCUT2D eigenvalue weighted by atomic mass is 19.1. The molecule has 2 rings (SSSR count). The molecule has 1 aliphatic rings. The zero-order valence-corrected chi connectivity index (χ0v) is 6.00. The Kier molecular flexibility index (Phi) is 1.39. The number of hydrogen-bond acceptors (Lipinski definition) is 2. The third kappa shape index (κ3) is 1.12. The monoisotopic (exact) mass is 152 g/mol. The second-order valence-corrected chi connectivity index (χ2v) is 2.89. The van der Waals surface area contributed by atoms with E-state index in [2.05, 4.69) is 4.98 Å². The van der Waals surface area contributed by atoms with Gasteiger partial charge in [0.25, 0.3) is 0 Å². The quantitative estimate of drug-likeness (QED) is 0.610. The Morgan fingerprint density at radius 2 is 2.36 bits per heavy atom. The number of rotatable bonds is 1. The standard InChI is InChI=1S/C8H9FN2/c9-8-5(2-1-3-11-8)6-4-7(6)10/h1-3,6-7H,4,10H2/t6-,7+/m0/s1. The molecule has 0 aromatic carbocycles. The van der Waals surface area contributed by atoms with Gasteiger partial charge in [-0.15, -0.1) is 0 Å². The zero-order valence-electron chi connectivity index (χ0n) is 6.00. The Morgan fingerprint density at radius 1 is 1.64 bits per heavy atom. The van der Waals surface area contributed by atoms with Crippen molar-refractivity contribution in [1.82, 2.24) is 4.98 Å². The van der Waals surface area contributed by atoms with Crippen molar-refractivity contribution < 1.29 is 4.39 Å². The van der Waals surface area contributed by atoms with E-state index in [4.69, 9.17) is 5.73 Å². The summed E-state index contributed by atoms with van der Waals surface area (Å²) in [5.74, 6) is -0.158. The van der Waals surface area contributed by atoms with Crippen molar-refractivity contribution in [2.45, 2.75) is 18.4 Å². The maximum absolute atomic E-state index is 12.9. The van der Waals surface area contributed by atoms with Crippen molar-refractivity contribution in [2.24, 2.45) is 5.73 Å². The molecule has 1 aromatic rings. The minimum Gasteiger partial charge on any atom is -0.327 e. The largest absolute Gasteiger partial charge is 0.327 e. The summed E-state index contributed by atoms with van der Waals surface area (Å²) in [7, 11) is 0. The molecule has 0 saturated heterocycles. The fourth-order valence-corrected chi connectivity index (χ4v) is 1.25. The van der Waals surface area contributed by atoms with E-state index in [1.165, 1.54) is 6.20 Å². The van der Waals surface area contributed by atoms with Gasteiger partial charge in [-0.1, -0.05) is 6.07 Å². The van der Waals surface area contributed by atoms with Crippen LogP contribution in [-0.2, 0) is 0 Å². The van der Waals surface area contributed by atoms with Gasteiger partial charge in [0.2, 0.25) is 5.95 Å². The van der Waals surface area contributed by atoms with Gasteiger partial charge in [0.1, 0.15) is 0 Å². The first-order valence-electron chi connectivity index (χ1n) is 3.65. The third-order valence-corrected chi connectivity index (χ3v) is 2.03. The van der Waals surface area contributed by atoms with Gasteiger partial charge in [0.05, 0.1) is 0 Å². The highest BCUT2D eigenvalue weighted by molar-refractivity contribution is 5.25. The van der Waals surface area contributed by atoms with E-state index < -0.39 is 0 Å². The van der Waals surface area contributed by atoms with Crippen molar-refractivity contribution >= 4 is 0 Å². The molecule has 1 saturated carbocycles. The highest BCUT2D eigenvalue weighted by Gasteiger charge is 2.36. The van der Waals surface area contributed by atoms with Crippen molar-refractivity contribution in [3.05, 3.63) is 29.8 Å². The van der Waals surface area contributed by atoms with Crippen molar-refractivity contribution in [1.29, 1.82) is 0 Å². The highest BCUT2D eigenvalue weighted by Crippen LogP contribution is 2.39. The zero-order chi connectivity index (χ0) is 7.84. The van der Waals surface area contributed by atoms with E-state index in [1.807, 2.05) is 0 Å². The summed E-state index contributed by atoms with van der Waals surface area (Å²) in [6.45, 7) is 0. The van der Waals surface area contributed by atoms with Gasteiger partial charge < -0.3 is 5.73 Å². The van der Waals surface area contributed by atoms with Gasteiger partial charge in [0, 0.05) is 23.7 Å². The lowest BCUT2D eigenvalue weighted by molar-refractivity contribution is 0.566. The molecule has 0 unspecified atom stereocenters. The summed E-state index contributed by atoms with van der Waals surface area (Å²) in [4.78, 5) is 3.55. The van der Waals surface area contributed by atoms with E-state index in [9.17, 15) is 4.39 Å². The smallest absolute Gasteiger partial charge is 0.216 e. The molecule has 1 aliphatic carbocycles. The Morgan fingerprint density at radius 3 is 2.91 bits per heavy atom. The first-order valence-corrected chi connectivity index (χ1v) is 3.65. The third-order valence-electron chi connectivity index (χ3n) is 2.03. The summed E-state index contributed by atoms with van der Waals surface area (Å²) < 4.78 is 12.9. The average Bonchev–Trinajstić information content (AvgIpc) is 2.68. The van der Waals surface area contributed by atoms with Gasteiger partial charge in [-0.25, -0.2) is 4.98 Å². The van der Waals surface area contributed by atoms with Crippen LogP contribution in [0.5, 0.6) is 0 Å². The molecule has 1 aromatic heterocycles. The summed E-state index contributed by atoms with van der Waals surface area (Å²) in [6.07, 6.45) is 2.34. The molecule has 0 spiro atoms. The molecular formula is C8H9FN2. The van der Waals surface area contributed by atoms with E-state index in [0.29, 0.717) is 5.56 Å². The van der Waals surface area contributed by atoms with Crippen LogP contribution in [0.4, 0.5) is 4.39 Å². The Balaban J connectivity index is 2.31. The molecule has 11 heavy (non-hydrogen) atoms. The van der Waals surface area contributed by atoms with E-state index >= 15 is 0 Å². The number of pyridine rings is 1. The molecule has 1 heterocycles. The van der Waals surface area contributed by atoms with Gasteiger partial charge in [0.15, 0.2) is 0 Å². The van der Waals surface area contributed by atoms with Crippen molar-refractivity contribution in [2.75, 3.05) is 0 Å². The molecule has 2 N–H and O–H groups in total. The van der Waals surface area contributed by atoms with Gasteiger partial charge in [-0.05, 0) is 12.5 Å². The molecular weight excluding hydrogens is 143 g/mol. The lowest BCUT2D eigenvalue weighted by atomic mass is 10.2. The average molecular weight is 152 g/mol. The van der Waals surface area contributed by atoms with Crippen LogP contribution in [-0.4, -0.2) is 11.0 Å². The molecule has 2 atom stereocenters.